The van der Waals surface area contributed by atoms with Crippen LogP contribution in [0.3, 0.4) is 0 Å². The maximum Gasteiger partial charge on any atom is 0.269 e. The first kappa shape index (κ1) is 14.9. The molecule has 0 fully saturated rings. The highest BCUT2D eigenvalue weighted by Crippen LogP contribution is 2.26. The highest BCUT2D eigenvalue weighted by atomic mass is 32.2. The minimum atomic E-state index is -0.418. The van der Waals surface area contributed by atoms with Crippen molar-refractivity contribution in [2.24, 2.45) is 0 Å². The second kappa shape index (κ2) is 6.77. The number of hydrogen-bond donors (Lipinski definition) is 1. The second-order valence-corrected chi connectivity index (χ2v) is 5.12. The van der Waals surface area contributed by atoms with Gasteiger partial charge in [0.15, 0.2) is 0 Å². The van der Waals surface area contributed by atoms with Gasteiger partial charge in [-0.1, -0.05) is 18.2 Å². The summed E-state index contributed by atoms with van der Waals surface area (Å²) in [6, 6.07) is 14.2. The van der Waals surface area contributed by atoms with Crippen LogP contribution in [0.1, 0.15) is 11.1 Å². The van der Waals surface area contributed by atoms with Gasteiger partial charge in [0.25, 0.3) is 5.69 Å². The molecular weight excluding hydrogens is 286 g/mol. The van der Waals surface area contributed by atoms with Crippen molar-refractivity contribution in [3.05, 3.63) is 63.7 Å². The zero-order valence-electron chi connectivity index (χ0n) is 11.4. The summed E-state index contributed by atoms with van der Waals surface area (Å²) in [5, 5.41) is 23.2. The van der Waals surface area contributed by atoms with E-state index in [0.29, 0.717) is 12.1 Å². The molecule has 6 heteroatoms. The molecule has 0 spiro atoms. The standard InChI is InChI=1S/C15H13N3O2S/c1-21-15-7-3-6-14(13(15)9-16)17-10-11-4-2-5-12(8-11)18(19)20/h2-8,17H,10H2,1H3. The molecule has 0 saturated carbocycles. The Morgan fingerprint density at radius 3 is 2.76 bits per heavy atom. The zero-order chi connectivity index (χ0) is 15.2. The summed E-state index contributed by atoms with van der Waals surface area (Å²) >= 11 is 1.51. The average Bonchev–Trinajstić information content (AvgIpc) is 2.52. The van der Waals surface area contributed by atoms with E-state index in [2.05, 4.69) is 11.4 Å². The van der Waals surface area contributed by atoms with E-state index in [1.165, 1.54) is 23.9 Å². The van der Waals surface area contributed by atoms with Gasteiger partial charge in [0.1, 0.15) is 6.07 Å². The minimum absolute atomic E-state index is 0.0627. The van der Waals surface area contributed by atoms with Gasteiger partial charge < -0.3 is 5.32 Å². The summed E-state index contributed by atoms with van der Waals surface area (Å²) in [5.74, 6) is 0. The van der Waals surface area contributed by atoms with Crippen LogP contribution in [0.2, 0.25) is 0 Å². The molecule has 2 aromatic carbocycles. The third-order valence-electron chi connectivity index (χ3n) is 2.96. The van der Waals surface area contributed by atoms with Crippen LogP contribution in [0.4, 0.5) is 11.4 Å². The molecule has 5 nitrogen and oxygen atoms in total. The molecule has 0 aromatic heterocycles. The topological polar surface area (TPSA) is 79.0 Å². The summed E-state index contributed by atoms with van der Waals surface area (Å²) in [6.45, 7) is 0.425. The van der Waals surface area contributed by atoms with Crippen LogP contribution >= 0.6 is 11.8 Å². The van der Waals surface area contributed by atoms with E-state index in [4.69, 9.17) is 0 Å². The highest BCUT2D eigenvalue weighted by Gasteiger charge is 2.08. The average molecular weight is 299 g/mol. The molecule has 0 aliphatic rings. The SMILES string of the molecule is CSc1cccc(NCc2cccc([N+](=O)[O-])c2)c1C#N. The molecule has 0 bridgehead atoms. The van der Waals surface area contributed by atoms with Crippen molar-refractivity contribution < 1.29 is 4.92 Å². The number of non-ortho nitro benzene ring substituents is 1. The molecule has 21 heavy (non-hydrogen) atoms. The first-order valence-corrected chi connectivity index (χ1v) is 7.42. The number of hydrogen-bond acceptors (Lipinski definition) is 5. The third kappa shape index (κ3) is 3.52. The number of benzene rings is 2. The first-order chi connectivity index (χ1) is 10.2. The molecule has 0 unspecified atom stereocenters. The van der Waals surface area contributed by atoms with Crippen molar-refractivity contribution >= 4 is 23.1 Å². The van der Waals surface area contributed by atoms with Crippen molar-refractivity contribution in [1.29, 1.82) is 5.26 Å². The van der Waals surface area contributed by atoms with Crippen LogP contribution in [0, 0.1) is 21.4 Å². The van der Waals surface area contributed by atoms with Crippen LogP contribution in [0.25, 0.3) is 0 Å². The Bertz CT molecular complexity index is 710. The molecule has 0 atom stereocenters. The maximum absolute atomic E-state index is 10.8. The lowest BCUT2D eigenvalue weighted by atomic mass is 10.1. The van der Waals surface area contributed by atoms with E-state index in [1.54, 1.807) is 6.07 Å². The van der Waals surface area contributed by atoms with E-state index in [-0.39, 0.29) is 5.69 Å². The van der Waals surface area contributed by atoms with Crippen molar-refractivity contribution in [1.82, 2.24) is 0 Å². The molecule has 106 valence electrons. The number of thioether (sulfide) groups is 1. The smallest absolute Gasteiger partial charge is 0.269 e. The fourth-order valence-electron chi connectivity index (χ4n) is 1.94. The summed E-state index contributed by atoms with van der Waals surface area (Å²) in [4.78, 5) is 11.2. The van der Waals surface area contributed by atoms with Crippen LogP contribution in [-0.2, 0) is 6.54 Å². The van der Waals surface area contributed by atoms with Gasteiger partial charge >= 0.3 is 0 Å². The molecule has 2 aromatic rings. The molecule has 0 amide bonds. The van der Waals surface area contributed by atoms with Crippen molar-refractivity contribution in [3.63, 3.8) is 0 Å². The van der Waals surface area contributed by atoms with E-state index >= 15 is 0 Å². The number of nitrogens with zero attached hydrogens (tertiary/aromatic N) is 2. The first-order valence-electron chi connectivity index (χ1n) is 6.20. The molecule has 0 aliphatic carbocycles. The van der Waals surface area contributed by atoms with Crippen LogP contribution in [0.15, 0.2) is 47.4 Å². The fourth-order valence-corrected chi connectivity index (χ4v) is 2.52. The fraction of sp³-hybridized carbons (Fsp3) is 0.133. The normalized spacial score (nSPS) is 9.90. The second-order valence-electron chi connectivity index (χ2n) is 4.28. The predicted molar refractivity (Wildman–Crippen MR) is 83.4 cm³/mol. The van der Waals surface area contributed by atoms with E-state index in [0.717, 1.165) is 16.1 Å². The Morgan fingerprint density at radius 2 is 2.10 bits per heavy atom. The summed E-state index contributed by atoms with van der Waals surface area (Å²) in [6.07, 6.45) is 1.92. The number of rotatable bonds is 5. The maximum atomic E-state index is 10.8. The Hall–Kier alpha value is -2.52. The van der Waals surface area contributed by atoms with E-state index in [9.17, 15) is 15.4 Å². The molecule has 1 N–H and O–H groups in total. The Labute approximate surface area is 126 Å². The number of nitrogens with one attached hydrogen (secondary N) is 1. The monoisotopic (exact) mass is 299 g/mol. The van der Waals surface area contributed by atoms with Crippen LogP contribution in [0.5, 0.6) is 0 Å². The number of nitro groups is 1. The van der Waals surface area contributed by atoms with Gasteiger partial charge in [-0.15, -0.1) is 11.8 Å². The van der Waals surface area contributed by atoms with E-state index in [1.807, 2.05) is 30.5 Å². The molecule has 0 saturated heterocycles. The van der Waals surface area contributed by atoms with Crippen LogP contribution in [-0.4, -0.2) is 11.2 Å². The Morgan fingerprint density at radius 1 is 1.33 bits per heavy atom. The van der Waals surface area contributed by atoms with Gasteiger partial charge in [-0.3, -0.25) is 10.1 Å². The van der Waals surface area contributed by atoms with Crippen molar-refractivity contribution in [2.75, 3.05) is 11.6 Å². The summed E-state index contributed by atoms with van der Waals surface area (Å²) in [5.41, 5.74) is 2.18. The lowest BCUT2D eigenvalue weighted by Gasteiger charge is -2.10. The summed E-state index contributed by atoms with van der Waals surface area (Å²) < 4.78 is 0. The van der Waals surface area contributed by atoms with Crippen molar-refractivity contribution in [2.45, 2.75) is 11.4 Å². The third-order valence-corrected chi connectivity index (χ3v) is 3.74. The highest BCUT2D eigenvalue weighted by molar-refractivity contribution is 7.98. The number of nitriles is 1. The molecule has 0 aliphatic heterocycles. The molecule has 0 radical (unpaired) electrons. The van der Waals surface area contributed by atoms with Gasteiger partial charge in [-0.25, -0.2) is 0 Å². The largest absolute Gasteiger partial charge is 0.380 e. The Balaban J connectivity index is 2.19. The van der Waals surface area contributed by atoms with Gasteiger partial charge in [-0.05, 0) is 24.0 Å². The zero-order valence-corrected chi connectivity index (χ0v) is 12.2. The number of nitro benzene ring substituents is 1. The molecule has 0 heterocycles. The molecule has 2 rings (SSSR count). The van der Waals surface area contributed by atoms with Crippen LogP contribution < -0.4 is 5.32 Å². The quantitative estimate of drug-likeness (QED) is 0.516. The lowest BCUT2D eigenvalue weighted by molar-refractivity contribution is -0.384. The van der Waals surface area contributed by atoms with Gasteiger partial charge in [-0.2, -0.15) is 5.26 Å². The number of anilines is 1. The van der Waals surface area contributed by atoms with Gasteiger partial charge in [0, 0.05) is 23.6 Å². The van der Waals surface area contributed by atoms with Gasteiger partial charge in [0.2, 0.25) is 0 Å². The van der Waals surface area contributed by atoms with E-state index < -0.39 is 4.92 Å². The molecular formula is C15H13N3O2S. The van der Waals surface area contributed by atoms with Crippen molar-refractivity contribution in [3.8, 4) is 6.07 Å². The lowest BCUT2D eigenvalue weighted by Crippen LogP contribution is -2.02. The predicted octanol–water partition coefficient (Wildman–Crippen LogP) is 3.80. The minimum Gasteiger partial charge on any atom is -0.380 e. The Kier molecular flexibility index (Phi) is 4.80. The summed E-state index contributed by atoms with van der Waals surface area (Å²) in [7, 11) is 0. The van der Waals surface area contributed by atoms with Gasteiger partial charge in [0.05, 0.1) is 16.2 Å².